The quantitative estimate of drug-likeness (QED) is 0.901. The van der Waals surface area contributed by atoms with E-state index in [4.69, 9.17) is 4.74 Å². The molecule has 0 aliphatic carbocycles. The Labute approximate surface area is 142 Å². The van der Waals surface area contributed by atoms with Crippen molar-refractivity contribution in [3.63, 3.8) is 0 Å². The van der Waals surface area contributed by atoms with Crippen LogP contribution >= 0.6 is 0 Å². The second kappa shape index (κ2) is 6.95. The number of nitrogens with zero attached hydrogens (tertiary/aromatic N) is 1. The molecule has 1 N–H and O–H groups in total. The number of carboxylic acid groups (broad SMARTS) is 1. The molecule has 2 aromatic rings. The first-order chi connectivity index (χ1) is 11.6. The van der Waals surface area contributed by atoms with Crippen molar-refractivity contribution < 1.29 is 14.6 Å². The Morgan fingerprint density at radius 2 is 1.62 bits per heavy atom. The van der Waals surface area contributed by atoms with Gasteiger partial charge in [-0.2, -0.15) is 0 Å². The number of anilines is 1. The number of carboxylic acids is 1. The zero-order valence-electron chi connectivity index (χ0n) is 13.9. The molecular formula is C20H23NO3. The van der Waals surface area contributed by atoms with Gasteiger partial charge < -0.3 is 14.7 Å². The van der Waals surface area contributed by atoms with Crippen LogP contribution in [0.3, 0.4) is 0 Å². The first kappa shape index (κ1) is 16.4. The van der Waals surface area contributed by atoms with Gasteiger partial charge >= 0.3 is 5.97 Å². The van der Waals surface area contributed by atoms with Crippen molar-refractivity contribution >= 4 is 11.7 Å². The van der Waals surface area contributed by atoms with Crippen molar-refractivity contribution in [2.45, 2.75) is 31.8 Å². The maximum absolute atomic E-state index is 11.8. The molecule has 0 amide bonds. The molecule has 126 valence electrons. The smallest absolute Gasteiger partial charge is 0.352 e. The fourth-order valence-corrected chi connectivity index (χ4v) is 3.10. The van der Waals surface area contributed by atoms with E-state index >= 15 is 0 Å². The molecule has 1 saturated heterocycles. The van der Waals surface area contributed by atoms with Crippen LogP contribution < -0.4 is 9.64 Å². The van der Waals surface area contributed by atoms with Gasteiger partial charge in [-0.3, -0.25) is 0 Å². The molecule has 2 aromatic carbocycles. The lowest BCUT2D eigenvalue weighted by molar-refractivity contribution is -0.154. The van der Waals surface area contributed by atoms with Gasteiger partial charge in [0.1, 0.15) is 5.75 Å². The molecule has 4 nitrogen and oxygen atoms in total. The summed E-state index contributed by atoms with van der Waals surface area (Å²) in [5.74, 6) is -0.446. The maximum Gasteiger partial charge on any atom is 0.352 e. The molecule has 0 saturated carbocycles. The summed E-state index contributed by atoms with van der Waals surface area (Å²) < 4.78 is 5.87. The van der Waals surface area contributed by atoms with Crippen molar-refractivity contribution in [2.24, 2.45) is 0 Å². The summed E-state index contributed by atoms with van der Waals surface area (Å²) >= 11 is 0. The number of rotatable bonds is 5. The van der Waals surface area contributed by atoms with Crippen LogP contribution in [0.2, 0.25) is 0 Å². The molecule has 1 heterocycles. The Bertz CT molecular complexity index is 678. The molecule has 0 spiro atoms. The molecule has 1 atom stereocenters. The van der Waals surface area contributed by atoms with E-state index in [9.17, 15) is 9.90 Å². The molecule has 1 unspecified atom stereocenters. The van der Waals surface area contributed by atoms with Gasteiger partial charge in [-0.15, -0.1) is 0 Å². The number of benzene rings is 2. The lowest BCUT2D eigenvalue weighted by Gasteiger charge is -2.30. The topological polar surface area (TPSA) is 49.8 Å². The molecule has 4 heteroatoms. The largest absolute Gasteiger partial charge is 0.478 e. The molecule has 0 aromatic heterocycles. The number of piperidine rings is 1. The number of hydrogen-bond acceptors (Lipinski definition) is 3. The molecular weight excluding hydrogens is 302 g/mol. The summed E-state index contributed by atoms with van der Waals surface area (Å²) in [5, 5.41) is 9.67. The van der Waals surface area contributed by atoms with Crippen LogP contribution in [0.25, 0.3) is 0 Å². The zero-order valence-corrected chi connectivity index (χ0v) is 13.9. The molecule has 1 fully saturated rings. The van der Waals surface area contributed by atoms with Crippen LogP contribution in [-0.2, 0) is 10.4 Å². The fourth-order valence-electron chi connectivity index (χ4n) is 3.10. The van der Waals surface area contributed by atoms with Gasteiger partial charge in [-0.05, 0) is 50.5 Å². The Kier molecular flexibility index (Phi) is 4.74. The average Bonchev–Trinajstić information content (AvgIpc) is 2.63. The standard InChI is InChI=1S/C20H23NO3/c1-20(19(22)23,16-8-4-2-5-9-16)24-18-12-10-17(11-13-18)21-14-6-3-7-15-21/h2,4-5,8-13H,3,6-7,14-15H2,1H3,(H,22,23). The second-order valence-corrected chi connectivity index (χ2v) is 6.35. The summed E-state index contributed by atoms with van der Waals surface area (Å²) in [4.78, 5) is 14.2. The first-order valence-corrected chi connectivity index (χ1v) is 8.42. The van der Waals surface area contributed by atoms with E-state index in [1.807, 2.05) is 42.5 Å². The van der Waals surface area contributed by atoms with E-state index in [-0.39, 0.29) is 0 Å². The monoisotopic (exact) mass is 325 g/mol. The highest BCUT2D eigenvalue weighted by atomic mass is 16.5. The summed E-state index contributed by atoms with van der Waals surface area (Å²) in [6.07, 6.45) is 3.75. The summed E-state index contributed by atoms with van der Waals surface area (Å²) in [6, 6.07) is 16.8. The van der Waals surface area contributed by atoms with Gasteiger partial charge in [0.25, 0.3) is 0 Å². The number of ether oxygens (including phenoxy) is 1. The van der Waals surface area contributed by atoms with Crippen molar-refractivity contribution in [2.75, 3.05) is 18.0 Å². The second-order valence-electron chi connectivity index (χ2n) is 6.35. The van der Waals surface area contributed by atoms with Crippen LogP contribution in [0.5, 0.6) is 5.75 Å². The van der Waals surface area contributed by atoms with E-state index in [0.717, 1.165) is 13.1 Å². The summed E-state index contributed by atoms with van der Waals surface area (Å²) in [7, 11) is 0. The SMILES string of the molecule is CC(Oc1ccc(N2CCCCC2)cc1)(C(=O)O)c1ccccc1. The highest BCUT2D eigenvalue weighted by Gasteiger charge is 2.37. The minimum absolute atomic E-state index is 0.560. The van der Waals surface area contributed by atoms with E-state index in [2.05, 4.69) is 4.90 Å². The van der Waals surface area contributed by atoms with Gasteiger partial charge in [0, 0.05) is 24.3 Å². The van der Waals surface area contributed by atoms with Crippen LogP contribution in [0.4, 0.5) is 5.69 Å². The highest BCUT2D eigenvalue weighted by molar-refractivity contribution is 5.79. The van der Waals surface area contributed by atoms with Gasteiger partial charge in [-0.1, -0.05) is 30.3 Å². The number of aliphatic carboxylic acids is 1. The molecule has 24 heavy (non-hydrogen) atoms. The van der Waals surface area contributed by atoms with Crippen LogP contribution in [0, 0.1) is 0 Å². The van der Waals surface area contributed by atoms with E-state index in [1.54, 1.807) is 19.1 Å². The minimum Gasteiger partial charge on any atom is -0.478 e. The number of carbonyl (C=O) groups is 1. The van der Waals surface area contributed by atoms with Crippen molar-refractivity contribution in [3.05, 3.63) is 60.2 Å². The maximum atomic E-state index is 11.8. The fraction of sp³-hybridized carbons (Fsp3) is 0.350. The minimum atomic E-state index is -1.41. The molecule has 3 rings (SSSR count). The lowest BCUT2D eigenvalue weighted by atomic mass is 9.96. The molecule has 1 aliphatic rings. The van der Waals surface area contributed by atoms with Crippen LogP contribution in [-0.4, -0.2) is 24.2 Å². The van der Waals surface area contributed by atoms with Gasteiger partial charge in [0.2, 0.25) is 5.60 Å². The third-order valence-electron chi connectivity index (χ3n) is 4.61. The van der Waals surface area contributed by atoms with Crippen molar-refractivity contribution in [1.82, 2.24) is 0 Å². The third kappa shape index (κ3) is 3.37. The Morgan fingerprint density at radius 1 is 1.00 bits per heavy atom. The highest BCUT2D eigenvalue weighted by Crippen LogP contribution is 2.30. The van der Waals surface area contributed by atoms with E-state index < -0.39 is 11.6 Å². The molecule has 0 radical (unpaired) electrons. The molecule has 1 aliphatic heterocycles. The normalized spacial score (nSPS) is 17.1. The van der Waals surface area contributed by atoms with Crippen LogP contribution in [0.1, 0.15) is 31.7 Å². The lowest BCUT2D eigenvalue weighted by Crippen LogP contribution is -2.38. The van der Waals surface area contributed by atoms with Crippen molar-refractivity contribution in [1.29, 1.82) is 0 Å². The van der Waals surface area contributed by atoms with Crippen LogP contribution in [0.15, 0.2) is 54.6 Å². The van der Waals surface area contributed by atoms with Gasteiger partial charge in [0.05, 0.1) is 0 Å². The van der Waals surface area contributed by atoms with Gasteiger partial charge in [-0.25, -0.2) is 4.79 Å². The van der Waals surface area contributed by atoms with Gasteiger partial charge in [0.15, 0.2) is 0 Å². The predicted octanol–water partition coefficient (Wildman–Crippen LogP) is 4.06. The van der Waals surface area contributed by atoms with E-state index in [0.29, 0.717) is 11.3 Å². The zero-order chi connectivity index (χ0) is 17.0. The van der Waals surface area contributed by atoms with E-state index in [1.165, 1.54) is 24.9 Å². The Morgan fingerprint density at radius 3 is 2.21 bits per heavy atom. The predicted molar refractivity (Wildman–Crippen MR) is 94.6 cm³/mol. The summed E-state index contributed by atoms with van der Waals surface area (Å²) in [6.45, 7) is 3.75. The average molecular weight is 325 g/mol. The third-order valence-corrected chi connectivity index (χ3v) is 4.61. The summed E-state index contributed by atoms with van der Waals surface area (Å²) in [5.41, 5.74) is 0.380. The first-order valence-electron chi connectivity index (χ1n) is 8.42. The Balaban J connectivity index is 1.79. The molecule has 0 bridgehead atoms. The van der Waals surface area contributed by atoms with Crippen molar-refractivity contribution in [3.8, 4) is 5.75 Å². The number of hydrogen-bond donors (Lipinski definition) is 1. The Hall–Kier alpha value is -2.49.